The van der Waals surface area contributed by atoms with E-state index in [1.165, 1.54) is 122 Å². The zero-order valence-corrected chi connectivity index (χ0v) is 51.3. The summed E-state index contributed by atoms with van der Waals surface area (Å²) < 4.78 is 28.4. The normalized spacial score (nSPS) is 18.3. The molecule has 12 heteroatoms. The van der Waals surface area contributed by atoms with Crippen LogP contribution in [0.25, 0.3) is 0 Å². The molecule has 81 heavy (non-hydrogen) atoms. The molecular formula is C69H116O12. The predicted octanol–water partition coefficient (Wildman–Crippen LogP) is 17.5. The highest BCUT2D eigenvalue weighted by molar-refractivity contribution is 5.74. The fourth-order valence-corrected chi connectivity index (χ4v) is 9.51. The number of aliphatic hydroxyl groups is 2. The van der Waals surface area contributed by atoms with Gasteiger partial charge >= 0.3 is 23.9 Å². The van der Waals surface area contributed by atoms with Gasteiger partial charge in [-0.3, -0.25) is 14.4 Å². The van der Waals surface area contributed by atoms with Crippen LogP contribution in [0.5, 0.6) is 0 Å². The number of carboxylic acid groups (broad SMARTS) is 1. The maximum atomic E-state index is 13.2. The van der Waals surface area contributed by atoms with Crippen molar-refractivity contribution in [3.63, 3.8) is 0 Å². The lowest BCUT2D eigenvalue weighted by Crippen LogP contribution is -2.61. The molecule has 6 unspecified atom stereocenters. The Morgan fingerprint density at radius 3 is 1.23 bits per heavy atom. The minimum Gasteiger partial charge on any atom is -0.479 e. The Morgan fingerprint density at radius 2 is 0.802 bits per heavy atom. The Labute approximate surface area is 492 Å². The lowest BCUT2D eigenvalue weighted by atomic mass is 9.98. The van der Waals surface area contributed by atoms with Gasteiger partial charge < -0.3 is 39.0 Å². The fraction of sp³-hybridized carbons (Fsp3) is 0.739. The second-order valence-corrected chi connectivity index (χ2v) is 22.0. The summed E-state index contributed by atoms with van der Waals surface area (Å²) in [4.78, 5) is 51.3. The van der Waals surface area contributed by atoms with Gasteiger partial charge in [-0.05, 0) is 83.5 Å². The molecular weight excluding hydrogens is 1020 g/mol. The van der Waals surface area contributed by atoms with Crippen molar-refractivity contribution in [1.29, 1.82) is 0 Å². The van der Waals surface area contributed by atoms with E-state index in [-0.39, 0.29) is 25.9 Å². The molecule has 0 saturated carbocycles. The van der Waals surface area contributed by atoms with Crippen molar-refractivity contribution in [2.45, 2.75) is 314 Å². The van der Waals surface area contributed by atoms with Gasteiger partial charge in [0.2, 0.25) is 0 Å². The minimum atomic E-state index is -1.91. The van der Waals surface area contributed by atoms with E-state index >= 15 is 0 Å². The van der Waals surface area contributed by atoms with Gasteiger partial charge in [-0.15, -0.1) is 0 Å². The van der Waals surface area contributed by atoms with E-state index in [1.807, 2.05) is 12.2 Å². The molecule has 1 heterocycles. The maximum absolute atomic E-state index is 13.2. The zero-order chi connectivity index (χ0) is 58.9. The fourth-order valence-electron chi connectivity index (χ4n) is 9.51. The number of allylic oxidation sites excluding steroid dienone is 14. The highest BCUT2D eigenvalue weighted by Crippen LogP contribution is 2.27. The highest BCUT2D eigenvalue weighted by atomic mass is 16.7. The first-order valence-corrected chi connectivity index (χ1v) is 32.6. The summed E-state index contributed by atoms with van der Waals surface area (Å²) in [6.07, 6.45) is 61.2. The molecule has 0 radical (unpaired) electrons. The first-order valence-electron chi connectivity index (χ1n) is 32.6. The molecule has 12 nitrogen and oxygen atoms in total. The number of aliphatic hydroxyl groups excluding tert-OH is 2. The van der Waals surface area contributed by atoms with Crippen molar-refractivity contribution in [3.05, 3.63) is 85.1 Å². The van der Waals surface area contributed by atoms with E-state index in [9.17, 15) is 34.5 Å². The van der Waals surface area contributed by atoms with Crippen LogP contribution in [0.1, 0.15) is 278 Å². The third-order valence-electron chi connectivity index (χ3n) is 14.5. The highest BCUT2D eigenvalue weighted by Gasteiger charge is 2.50. The maximum Gasteiger partial charge on any atom is 0.335 e. The van der Waals surface area contributed by atoms with Gasteiger partial charge in [0.25, 0.3) is 0 Å². The number of unbranched alkanes of at least 4 members (excludes halogenated alkanes) is 27. The van der Waals surface area contributed by atoms with Crippen LogP contribution < -0.4 is 0 Å². The first-order chi connectivity index (χ1) is 39.6. The summed E-state index contributed by atoms with van der Waals surface area (Å²) in [5.74, 6) is -3.22. The first kappa shape index (κ1) is 74.9. The lowest BCUT2D eigenvalue weighted by molar-refractivity contribution is -0.301. The Hall–Kier alpha value is -4.10. The number of carbonyl (C=O) groups is 4. The van der Waals surface area contributed by atoms with Gasteiger partial charge in [0.05, 0.1) is 6.61 Å². The van der Waals surface area contributed by atoms with Gasteiger partial charge in [0, 0.05) is 19.3 Å². The molecule has 1 aliphatic heterocycles. The van der Waals surface area contributed by atoms with Crippen LogP contribution in [0.2, 0.25) is 0 Å². The van der Waals surface area contributed by atoms with Gasteiger partial charge in [-0.2, -0.15) is 0 Å². The molecule has 464 valence electrons. The van der Waals surface area contributed by atoms with Crippen LogP contribution in [0.3, 0.4) is 0 Å². The van der Waals surface area contributed by atoms with E-state index in [1.54, 1.807) is 0 Å². The van der Waals surface area contributed by atoms with Gasteiger partial charge in [0.1, 0.15) is 18.8 Å². The molecule has 1 fully saturated rings. The minimum absolute atomic E-state index is 0.0540. The quantitative estimate of drug-likeness (QED) is 0.0228. The topological polar surface area (TPSA) is 175 Å². The van der Waals surface area contributed by atoms with Crippen molar-refractivity contribution < 1.29 is 58.2 Å². The van der Waals surface area contributed by atoms with E-state index < -0.39 is 67.3 Å². The lowest BCUT2D eigenvalue weighted by Gasteiger charge is -2.40. The number of hydrogen-bond donors (Lipinski definition) is 3. The van der Waals surface area contributed by atoms with Crippen molar-refractivity contribution in [2.75, 3.05) is 13.2 Å². The van der Waals surface area contributed by atoms with Crippen LogP contribution in [0.4, 0.5) is 0 Å². The summed E-state index contributed by atoms with van der Waals surface area (Å²) in [6, 6.07) is 0. The second-order valence-electron chi connectivity index (χ2n) is 22.0. The van der Waals surface area contributed by atoms with Crippen molar-refractivity contribution in [3.8, 4) is 0 Å². The van der Waals surface area contributed by atoms with Gasteiger partial charge in [0.15, 0.2) is 24.6 Å². The van der Waals surface area contributed by atoms with Crippen molar-refractivity contribution in [1.82, 2.24) is 0 Å². The molecule has 0 aliphatic carbocycles. The molecule has 6 atom stereocenters. The summed E-state index contributed by atoms with van der Waals surface area (Å²) in [7, 11) is 0. The molecule has 1 saturated heterocycles. The number of esters is 3. The Kier molecular flexibility index (Phi) is 52.1. The summed E-state index contributed by atoms with van der Waals surface area (Å²) in [5.41, 5.74) is 0. The second kappa shape index (κ2) is 56.4. The molecule has 1 aliphatic rings. The predicted molar refractivity (Wildman–Crippen MR) is 331 cm³/mol. The van der Waals surface area contributed by atoms with Crippen LogP contribution in [0.15, 0.2) is 85.1 Å². The summed E-state index contributed by atoms with van der Waals surface area (Å²) in [6.45, 7) is 5.84. The molecule has 1 rings (SSSR count). The smallest absolute Gasteiger partial charge is 0.335 e. The number of ether oxygens (including phenoxy) is 5. The largest absolute Gasteiger partial charge is 0.479 e. The van der Waals surface area contributed by atoms with E-state index in [4.69, 9.17) is 23.7 Å². The number of aliphatic carboxylic acids is 1. The van der Waals surface area contributed by atoms with Crippen LogP contribution in [0, 0.1) is 0 Å². The molecule has 0 bridgehead atoms. The van der Waals surface area contributed by atoms with E-state index in [0.29, 0.717) is 19.3 Å². The monoisotopic (exact) mass is 1140 g/mol. The van der Waals surface area contributed by atoms with Crippen LogP contribution >= 0.6 is 0 Å². The Balaban J connectivity index is 2.71. The standard InChI is InChI=1S/C69H116O12/c1-4-7-10-13-16-19-22-25-28-30-31-33-35-37-40-43-46-49-52-55-61(70)77-58-60(79-62(71)56-53-50-47-44-41-39-36-32-29-26-23-20-17-14-11-8-5-2)59-78-69-67(65(74)64(73)66(81-69)68(75)76)80-63(72)57-54-51-48-45-42-38-34-27-24-21-18-15-12-9-6-3/h7,10,16,19,25-26,28-29,31,33,37,40,46,49,60,64-67,69,73-74H,4-6,8-9,11-15,17-18,20-24,27,30,32,34-36,38-39,41-45,47-48,50-59H2,1-3H3,(H,75,76)/b10-7-,19-16-,28-25-,29-26-,33-31-,40-37-,49-46-. The zero-order valence-electron chi connectivity index (χ0n) is 51.3. The molecule has 0 spiro atoms. The molecule has 0 aromatic carbocycles. The summed E-state index contributed by atoms with van der Waals surface area (Å²) in [5, 5.41) is 31.6. The number of rotatable bonds is 55. The Bertz CT molecular complexity index is 1730. The molecule has 0 aromatic rings. The van der Waals surface area contributed by atoms with E-state index in [2.05, 4.69) is 93.7 Å². The number of carbonyl (C=O) groups excluding carboxylic acids is 3. The molecule has 3 N–H and O–H groups in total. The molecule has 0 amide bonds. The van der Waals surface area contributed by atoms with Crippen molar-refractivity contribution in [2.24, 2.45) is 0 Å². The number of carboxylic acids is 1. The average Bonchev–Trinajstić information content (AvgIpc) is 3.53. The average molecular weight is 1140 g/mol. The summed E-state index contributed by atoms with van der Waals surface area (Å²) >= 11 is 0. The third kappa shape index (κ3) is 46.0. The van der Waals surface area contributed by atoms with Crippen LogP contribution in [-0.2, 0) is 42.9 Å². The van der Waals surface area contributed by atoms with Crippen LogP contribution in [-0.4, -0.2) is 89.2 Å². The third-order valence-corrected chi connectivity index (χ3v) is 14.5. The molecule has 0 aromatic heterocycles. The van der Waals surface area contributed by atoms with Crippen molar-refractivity contribution >= 4 is 23.9 Å². The van der Waals surface area contributed by atoms with Gasteiger partial charge in [-0.25, -0.2) is 4.79 Å². The SMILES string of the molecule is CC/C=C\C/C=C\C/C=C\C/C=C\C/C=C\C/C=C\CCC(=O)OCC(COC1OC(C(=O)O)C(O)C(O)C1OC(=O)CCCCCCCCCCCCCCCCC)OC(=O)CCCCCCCCC/C=C\CCCCCCCC. The van der Waals surface area contributed by atoms with E-state index in [0.717, 1.165) is 96.3 Å². The van der Waals surface area contributed by atoms with Gasteiger partial charge in [-0.1, -0.05) is 260 Å². The number of hydrogen-bond acceptors (Lipinski definition) is 11. The Morgan fingerprint density at radius 1 is 0.420 bits per heavy atom.